The second-order valence-electron chi connectivity index (χ2n) is 5.38. The number of piperidine rings is 1. The van der Waals surface area contributed by atoms with Crippen LogP contribution in [-0.4, -0.2) is 30.1 Å². The summed E-state index contributed by atoms with van der Waals surface area (Å²) in [4.78, 5) is 13.7. The van der Waals surface area contributed by atoms with Crippen molar-refractivity contribution in [2.45, 2.75) is 32.9 Å². The van der Waals surface area contributed by atoms with E-state index >= 15 is 0 Å². The number of hydrogen-bond acceptors (Lipinski definition) is 1. The van der Waals surface area contributed by atoms with Gasteiger partial charge in [-0.2, -0.15) is 13.2 Å². The lowest BCUT2D eigenvalue weighted by Gasteiger charge is -2.34. The van der Waals surface area contributed by atoms with Crippen molar-refractivity contribution in [3.8, 4) is 0 Å². The largest absolute Gasteiger partial charge is 0.393 e. The Kier molecular flexibility index (Phi) is 4.06. The van der Waals surface area contributed by atoms with Crippen molar-refractivity contribution < 1.29 is 18.0 Å². The molecule has 1 aromatic carbocycles. The summed E-state index contributed by atoms with van der Waals surface area (Å²) >= 11 is 0. The van der Waals surface area contributed by atoms with Gasteiger partial charge >= 0.3 is 6.18 Å². The SMILES string of the molecule is Cc1cccc(C(=O)N2CCCC(C(F)(F)F)C2)c1C. The molecule has 2 nitrogen and oxygen atoms in total. The van der Waals surface area contributed by atoms with Gasteiger partial charge in [0.25, 0.3) is 5.91 Å². The number of benzene rings is 1. The standard InChI is InChI=1S/C15H18F3NO/c1-10-5-3-7-13(11(10)2)14(20)19-8-4-6-12(9-19)15(16,17)18/h3,5,7,12H,4,6,8-9H2,1-2H3. The first kappa shape index (κ1) is 14.9. The number of amides is 1. The Morgan fingerprint density at radius 2 is 2.00 bits per heavy atom. The normalized spacial score (nSPS) is 20.1. The zero-order chi connectivity index (χ0) is 14.9. The third-order valence-corrected chi connectivity index (χ3v) is 4.01. The zero-order valence-electron chi connectivity index (χ0n) is 11.6. The summed E-state index contributed by atoms with van der Waals surface area (Å²) in [5.74, 6) is -1.69. The van der Waals surface area contributed by atoms with Crippen molar-refractivity contribution in [1.29, 1.82) is 0 Å². The molecule has 0 aromatic heterocycles. The summed E-state index contributed by atoms with van der Waals surface area (Å²) < 4.78 is 38.4. The van der Waals surface area contributed by atoms with Gasteiger partial charge in [-0.3, -0.25) is 4.79 Å². The number of hydrogen-bond donors (Lipinski definition) is 0. The molecule has 0 spiro atoms. The molecule has 1 aromatic rings. The van der Waals surface area contributed by atoms with E-state index in [0.29, 0.717) is 18.5 Å². The molecule has 20 heavy (non-hydrogen) atoms. The lowest BCUT2D eigenvalue weighted by molar-refractivity contribution is -0.184. The number of alkyl halides is 3. The Balaban J connectivity index is 2.19. The van der Waals surface area contributed by atoms with Crippen molar-refractivity contribution in [3.05, 3.63) is 34.9 Å². The maximum absolute atomic E-state index is 12.8. The zero-order valence-corrected chi connectivity index (χ0v) is 11.6. The van der Waals surface area contributed by atoms with E-state index in [2.05, 4.69) is 0 Å². The van der Waals surface area contributed by atoms with Gasteiger partial charge in [-0.05, 0) is 43.9 Å². The van der Waals surface area contributed by atoms with Crippen LogP contribution in [0.1, 0.15) is 34.3 Å². The summed E-state index contributed by atoms with van der Waals surface area (Å²) in [6.45, 7) is 3.89. The van der Waals surface area contributed by atoms with E-state index in [9.17, 15) is 18.0 Å². The fourth-order valence-corrected chi connectivity index (χ4v) is 2.58. The van der Waals surface area contributed by atoms with E-state index < -0.39 is 12.1 Å². The number of likely N-dealkylation sites (tertiary alicyclic amines) is 1. The topological polar surface area (TPSA) is 20.3 Å². The summed E-state index contributed by atoms with van der Waals surface area (Å²) in [5, 5.41) is 0. The average Bonchev–Trinajstić information content (AvgIpc) is 2.40. The van der Waals surface area contributed by atoms with E-state index in [1.165, 1.54) is 4.90 Å². The van der Waals surface area contributed by atoms with Crippen molar-refractivity contribution in [2.75, 3.05) is 13.1 Å². The van der Waals surface area contributed by atoms with Crippen LogP contribution in [0.4, 0.5) is 13.2 Å². The maximum atomic E-state index is 12.8. The Labute approximate surface area is 116 Å². The molecular weight excluding hydrogens is 267 g/mol. The first-order chi connectivity index (χ1) is 9.30. The highest BCUT2D eigenvalue weighted by atomic mass is 19.4. The van der Waals surface area contributed by atoms with Crippen LogP contribution >= 0.6 is 0 Å². The molecule has 0 N–H and O–H groups in total. The van der Waals surface area contributed by atoms with Crippen molar-refractivity contribution in [1.82, 2.24) is 4.90 Å². The smallest absolute Gasteiger partial charge is 0.338 e. The highest BCUT2D eigenvalue weighted by Crippen LogP contribution is 2.33. The summed E-state index contributed by atoms with van der Waals surface area (Å²) in [6, 6.07) is 5.34. The fourth-order valence-electron chi connectivity index (χ4n) is 2.58. The molecule has 1 heterocycles. The molecular formula is C15H18F3NO. The third-order valence-electron chi connectivity index (χ3n) is 4.01. The Hall–Kier alpha value is -1.52. The van der Waals surface area contributed by atoms with Gasteiger partial charge in [0, 0.05) is 18.7 Å². The molecule has 1 aliphatic rings. The van der Waals surface area contributed by atoms with E-state index in [1.807, 2.05) is 19.9 Å². The molecule has 0 aliphatic carbocycles. The monoisotopic (exact) mass is 285 g/mol. The lowest BCUT2D eigenvalue weighted by Crippen LogP contribution is -2.44. The number of rotatable bonds is 1. The molecule has 1 atom stereocenters. The lowest BCUT2D eigenvalue weighted by atomic mass is 9.95. The summed E-state index contributed by atoms with van der Waals surface area (Å²) in [5.41, 5.74) is 2.32. The van der Waals surface area contributed by atoms with E-state index in [4.69, 9.17) is 0 Å². The minimum absolute atomic E-state index is 0.111. The van der Waals surface area contributed by atoms with Crippen LogP contribution in [0.5, 0.6) is 0 Å². The highest BCUT2D eigenvalue weighted by molar-refractivity contribution is 5.96. The molecule has 1 aliphatic heterocycles. The van der Waals surface area contributed by atoms with Crippen LogP contribution in [0.25, 0.3) is 0 Å². The van der Waals surface area contributed by atoms with Crippen LogP contribution < -0.4 is 0 Å². The number of carbonyl (C=O) groups excluding carboxylic acids is 1. The summed E-state index contributed by atoms with van der Waals surface area (Å²) in [6.07, 6.45) is -3.71. The van der Waals surface area contributed by atoms with Crippen molar-refractivity contribution >= 4 is 5.91 Å². The molecule has 1 saturated heterocycles. The van der Waals surface area contributed by atoms with Crippen LogP contribution in [-0.2, 0) is 0 Å². The van der Waals surface area contributed by atoms with Crippen LogP contribution in [0.2, 0.25) is 0 Å². The Morgan fingerprint density at radius 1 is 1.30 bits per heavy atom. The third kappa shape index (κ3) is 2.97. The van der Waals surface area contributed by atoms with Crippen LogP contribution in [0.15, 0.2) is 18.2 Å². The quantitative estimate of drug-likeness (QED) is 0.770. The molecule has 0 saturated carbocycles. The molecule has 5 heteroatoms. The van der Waals surface area contributed by atoms with Gasteiger partial charge in [0.15, 0.2) is 0 Å². The first-order valence-corrected chi connectivity index (χ1v) is 6.73. The number of halogens is 3. The van der Waals surface area contributed by atoms with Crippen LogP contribution in [0.3, 0.4) is 0 Å². The number of nitrogens with zero attached hydrogens (tertiary/aromatic N) is 1. The van der Waals surface area contributed by atoms with Gasteiger partial charge in [0.1, 0.15) is 0 Å². The van der Waals surface area contributed by atoms with Crippen molar-refractivity contribution in [2.24, 2.45) is 5.92 Å². The van der Waals surface area contributed by atoms with Gasteiger partial charge < -0.3 is 4.90 Å². The minimum Gasteiger partial charge on any atom is -0.338 e. The Morgan fingerprint density at radius 3 is 2.65 bits per heavy atom. The van der Waals surface area contributed by atoms with E-state index in [1.54, 1.807) is 12.1 Å². The Bertz CT molecular complexity index is 510. The van der Waals surface area contributed by atoms with Crippen molar-refractivity contribution in [3.63, 3.8) is 0 Å². The molecule has 0 radical (unpaired) electrons. The second-order valence-corrected chi connectivity index (χ2v) is 5.38. The van der Waals surface area contributed by atoms with Gasteiger partial charge in [-0.1, -0.05) is 12.1 Å². The number of carbonyl (C=O) groups is 1. The maximum Gasteiger partial charge on any atom is 0.393 e. The molecule has 2 rings (SSSR count). The molecule has 0 bridgehead atoms. The molecule has 1 amide bonds. The average molecular weight is 285 g/mol. The first-order valence-electron chi connectivity index (χ1n) is 6.73. The van der Waals surface area contributed by atoms with Gasteiger partial charge in [-0.15, -0.1) is 0 Å². The molecule has 1 fully saturated rings. The summed E-state index contributed by atoms with van der Waals surface area (Å²) in [7, 11) is 0. The predicted octanol–water partition coefficient (Wildman–Crippen LogP) is 3.72. The van der Waals surface area contributed by atoms with Gasteiger partial charge in [-0.25, -0.2) is 0 Å². The van der Waals surface area contributed by atoms with E-state index in [-0.39, 0.29) is 18.9 Å². The molecule has 110 valence electrons. The fraction of sp³-hybridized carbons (Fsp3) is 0.533. The van der Waals surface area contributed by atoms with Gasteiger partial charge in [0.05, 0.1) is 5.92 Å². The van der Waals surface area contributed by atoms with Gasteiger partial charge in [0.2, 0.25) is 0 Å². The van der Waals surface area contributed by atoms with E-state index in [0.717, 1.165) is 11.1 Å². The second kappa shape index (κ2) is 5.46. The molecule has 1 unspecified atom stereocenters. The predicted molar refractivity (Wildman–Crippen MR) is 70.6 cm³/mol. The number of aryl methyl sites for hydroxylation is 1. The minimum atomic E-state index is -4.22. The highest BCUT2D eigenvalue weighted by Gasteiger charge is 2.42. The van der Waals surface area contributed by atoms with Crippen LogP contribution in [0, 0.1) is 19.8 Å².